The lowest BCUT2D eigenvalue weighted by Crippen LogP contribution is -2.46. The van der Waals surface area contributed by atoms with Crippen molar-refractivity contribution in [3.8, 4) is 0 Å². The molecule has 4 nitrogen and oxygen atoms in total. The first-order valence-corrected chi connectivity index (χ1v) is 5.88. The van der Waals surface area contributed by atoms with Gasteiger partial charge in [-0.1, -0.05) is 6.92 Å². The van der Waals surface area contributed by atoms with Crippen LogP contribution in [0, 0.1) is 12.3 Å². The highest BCUT2D eigenvalue weighted by Gasteiger charge is 2.30. The number of hydrogen-bond acceptors (Lipinski definition) is 4. The smallest absolute Gasteiger partial charge is 0.225 e. The highest BCUT2D eigenvalue weighted by Crippen LogP contribution is 2.29. The fraction of sp³-hybridized carbons (Fsp3) is 0.667. The van der Waals surface area contributed by atoms with Gasteiger partial charge in [-0.3, -0.25) is 0 Å². The van der Waals surface area contributed by atoms with E-state index in [1.165, 1.54) is 12.8 Å². The van der Waals surface area contributed by atoms with Gasteiger partial charge in [-0.05, 0) is 37.8 Å². The lowest BCUT2D eigenvalue weighted by atomic mass is 9.82. The Bertz CT molecular complexity index is 366. The van der Waals surface area contributed by atoms with Gasteiger partial charge in [0.25, 0.3) is 0 Å². The Labute approximate surface area is 96.9 Å². The molecule has 0 saturated carbocycles. The molecular formula is C12H20N4. The second kappa shape index (κ2) is 4.37. The Morgan fingerprint density at radius 3 is 3.06 bits per heavy atom. The zero-order valence-electron chi connectivity index (χ0n) is 10.1. The van der Waals surface area contributed by atoms with Crippen LogP contribution in [0.25, 0.3) is 0 Å². The van der Waals surface area contributed by atoms with Crippen LogP contribution in [0.3, 0.4) is 0 Å². The maximum atomic E-state index is 5.84. The van der Waals surface area contributed by atoms with E-state index in [9.17, 15) is 0 Å². The normalized spacial score (nSPS) is 25.8. The highest BCUT2D eigenvalue weighted by molar-refractivity contribution is 5.31. The number of aryl methyl sites for hydroxylation is 1. The van der Waals surface area contributed by atoms with Crippen LogP contribution in [0.15, 0.2) is 12.3 Å². The molecule has 1 aliphatic rings. The molecule has 4 heteroatoms. The largest absolute Gasteiger partial charge is 0.340 e. The zero-order chi connectivity index (χ0) is 11.6. The molecule has 2 heterocycles. The third-order valence-electron chi connectivity index (χ3n) is 3.34. The van der Waals surface area contributed by atoms with Crippen LogP contribution in [-0.4, -0.2) is 29.6 Å². The minimum absolute atomic E-state index is 0.214. The maximum absolute atomic E-state index is 5.84. The number of piperidine rings is 1. The summed E-state index contributed by atoms with van der Waals surface area (Å²) in [6, 6.07) is 1.93. The second-order valence-corrected chi connectivity index (χ2v) is 5.04. The van der Waals surface area contributed by atoms with Gasteiger partial charge in [0.2, 0.25) is 5.95 Å². The summed E-state index contributed by atoms with van der Waals surface area (Å²) in [7, 11) is 0. The summed E-state index contributed by atoms with van der Waals surface area (Å²) < 4.78 is 0. The topological polar surface area (TPSA) is 55.0 Å². The molecular weight excluding hydrogens is 200 g/mol. The summed E-state index contributed by atoms with van der Waals surface area (Å²) in [4.78, 5) is 11.1. The molecule has 1 saturated heterocycles. The Morgan fingerprint density at radius 2 is 2.38 bits per heavy atom. The van der Waals surface area contributed by atoms with Crippen molar-refractivity contribution in [2.45, 2.75) is 26.7 Å². The lowest BCUT2D eigenvalue weighted by Gasteiger charge is -2.39. The van der Waals surface area contributed by atoms with Gasteiger partial charge in [-0.15, -0.1) is 0 Å². The zero-order valence-corrected chi connectivity index (χ0v) is 10.1. The third kappa shape index (κ3) is 2.32. The van der Waals surface area contributed by atoms with E-state index in [0.717, 1.165) is 31.3 Å². The number of aromatic nitrogens is 2. The Morgan fingerprint density at radius 1 is 1.56 bits per heavy atom. The van der Waals surface area contributed by atoms with Crippen LogP contribution in [-0.2, 0) is 0 Å². The molecule has 1 aromatic rings. The summed E-state index contributed by atoms with van der Waals surface area (Å²) in [5, 5.41) is 0. The Kier molecular flexibility index (Phi) is 3.10. The maximum Gasteiger partial charge on any atom is 0.225 e. The van der Waals surface area contributed by atoms with Crippen LogP contribution in [0.1, 0.15) is 25.5 Å². The first kappa shape index (κ1) is 11.3. The van der Waals surface area contributed by atoms with E-state index < -0.39 is 0 Å². The van der Waals surface area contributed by atoms with Crippen molar-refractivity contribution in [1.82, 2.24) is 9.97 Å². The summed E-state index contributed by atoms with van der Waals surface area (Å²) in [5.74, 6) is 0.847. The summed E-state index contributed by atoms with van der Waals surface area (Å²) in [6.45, 7) is 6.98. The minimum atomic E-state index is 0.214. The van der Waals surface area contributed by atoms with Crippen molar-refractivity contribution in [3.63, 3.8) is 0 Å². The molecule has 0 aliphatic carbocycles. The van der Waals surface area contributed by atoms with Gasteiger partial charge < -0.3 is 10.6 Å². The van der Waals surface area contributed by atoms with Crippen molar-refractivity contribution in [2.24, 2.45) is 11.1 Å². The standard InChI is InChI=1S/C12H20N4/c1-10-4-6-14-11(15-10)16-7-3-5-12(2,8-13)9-16/h4,6H,3,5,7-9,13H2,1-2H3/t12-/m0/s1. The number of nitrogens with zero attached hydrogens (tertiary/aromatic N) is 3. The molecule has 0 unspecified atom stereocenters. The second-order valence-electron chi connectivity index (χ2n) is 5.04. The average molecular weight is 220 g/mol. The quantitative estimate of drug-likeness (QED) is 0.817. The predicted molar refractivity (Wildman–Crippen MR) is 65.4 cm³/mol. The molecule has 1 fully saturated rings. The summed E-state index contributed by atoms with van der Waals surface area (Å²) in [5.41, 5.74) is 7.07. The molecule has 16 heavy (non-hydrogen) atoms. The average Bonchev–Trinajstić information content (AvgIpc) is 2.29. The van der Waals surface area contributed by atoms with Crippen molar-refractivity contribution in [3.05, 3.63) is 18.0 Å². The summed E-state index contributed by atoms with van der Waals surface area (Å²) in [6.07, 6.45) is 4.20. The number of anilines is 1. The van der Waals surface area contributed by atoms with E-state index in [4.69, 9.17) is 5.73 Å². The van der Waals surface area contributed by atoms with Crippen molar-refractivity contribution in [2.75, 3.05) is 24.5 Å². The van der Waals surface area contributed by atoms with Crippen LogP contribution >= 0.6 is 0 Å². The van der Waals surface area contributed by atoms with Crippen LogP contribution in [0.4, 0.5) is 5.95 Å². The lowest BCUT2D eigenvalue weighted by molar-refractivity contribution is 0.269. The van der Waals surface area contributed by atoms with Gasteiger partial charge in [-0.25, -0.2) is 9.97 Å². The summed E-state index contributed by atoms with van der Waals surface area (Å²) >= 11 is 0. The molecule has 0 spiro atoms. The van der Waals surface area contributed by atoms with Gasteiger partial charge >= 0.3 is 0 Å². The fourth-order valence-corrected chi connectivity index (χ4v) is 2.24. The van der Waals surface area contributed by atoms with E-state index >= 15 is 0 Å². The molecule has 1 aromatic heterocycles. The number of nitrogens with two attached hydrogens (primary N) is 1. The van der Waals surface area contributed by atoms with Gasteiger partial charge in [-0.2, -0.15) is 0 Å². The van der Waals surface area contributed by atoms with Gasteiger partial charge in [0.1, 0.15) is 0 Å². The van der Waals surface area contributed by atoms with Crippen molar-refractivity contribution >= 4 is 5.95 Å². The van der Waals surface area contributed by atoms with Crippen molar-refractivity contribution in [1.29, 1.82) is 0 Å². The molecule has 2 N–H and O–H groups in total. The van der Waals surface area contributed by atoms with Crippen molar-refractivity contribution < 1.29 is 0 Å². The molecule has 0 amide bonds. The first-order valence-electron chi connectivity index (χ1n) is 5.88. The van der Waals surface area contributed by atoms with E-state index in [-0.39, 0.29) is 5.41 Å². The number of hydrogen-bond donors (Lipinski definition) is 1. The van der Waals surface area contributed by atoms with Crippen LogP contribution in [0.2, 0.25) is 0 Å². The van der Waals surface area contributed by atoms with E-state index in [0.29, 0.717) is 0 Å². The molecule has 88 valence electrons. The SMILES string of the molecule is Cc1ccnc(N2CCC[C@@](C)(CN)C2)n1. The number of rotatable bonds is 2. The predicted octanol–water partition coefficient (Wildman–Crippen LogP) is 1.35. The molecule has 0 bridgehead atoms. The van der Waals surface area contributed by atoms with Gasteiger partial charge in [0.15, 0.2) is 0 Å². The fourth-order valence-electron chi connectivity index (χ4n) is 2.24. The van der Waals surface area contributed by atoms with Gasteiger partial charge in [0, 0.05) is 25.0 Å². The highest BCUT2D eigenvalue weighted by atomic mass is 15.3. The first-order chi connectivity index (χ1) is 7.63. The Hall–Kier alpha value is -1.16. The molecule has 0 aromatic carbocycles. The van der Waals surface area contributed by atoms with E-state index in [1.807, 2.05) is 19.2 Å². The molecule has 1 atom stereocenters. The molecule has 0 radical (unpaired) electrons. The van der Waals surface area contributed by atoms with E-state index in [1.54, 1.807) is 0 Å². The van der Waals surface area contributed by atoms with Crippen LogP contribution in [0.5, 0.6) is 0 Å². The Balaban J connectivity index is 2.16. The monoisotopic (exact) mass is 220 g/mol. The molecule has 1 aliphatic heterocycles. The van der Waals surface area contributed by atoms with Crippen LogP contribution < -0.4 is 10.6 Å². The minimum Gasteiger partial charge on any atom is -0.340 e. The van der Waals surface area contributed by atoms with E-state index in [2.05, 4.69) is 21.8 Å². The van der Waals surface area contributed by atoms with Gasteiger partial charge in [0.05, 0.1) is 0 Å². The third-order valence-corrected chi connectivity index (χ3v) is 3.34. The molecule has 2 rings (SSSR count).